The van der Waals surface area contributed by atoms with Crippen LogP contribution in [0.5, 0.6) is 11.5 Å². The van der Waals surface area contributed by atoms with E-state index in [-0.39, 0.29) is 12.0 Å². The Morgan fingerprint density at radius 1 is 0.897 bits per heavy atom. The van der Waals surface area contributed by atoms with Gasteiger partial charge in [-0.25, -0.2) is 0 Å². The molecule has 0 atom stereocenters. The van der Waals surface area contributed by atoms with Crippen molar-refractivity contribution in [3.8, 4) is 11.5 Å². The molecular weight excluding hydrogens is 362 g/mol. The molecule has 0 saturated carbocycles. The van der Waals surface area contributed by atoms with Crippen LogP contribution in [0.1, 0.15) is 42.0 Å². The highest BCUT2D eigenvalue weighted by Gasteiger charge is 2.32. The fourth-order valence-electron chi connectivity index (χ4n) is 3.60. The largest absolute Gasteiger partial charge is 0.457 e. The first-order valence-electron chi connectivity index (χ1n) is 9.95. The molecule has 1 aliphatic heterocycles. The highest BCUT2D eigenvalue weighted by atomic mass is 16.5. The van der Waals surface area contributed by atoms with Crippen molar-refractivity contribution >= 4 is 5.91 Å². The summed E-state index contributed by atoms with van der Waals surface area (Å²) in [5.74, 6) is 1.04. The summed E-state index contributed by atoms with van der Waals surface area (Å²) >= 11 is 0. The molecule has 0 aromatic heterocycles. The minimum atomic E-state index is -0.393. The summed E-state index contributed by atoms with van der Waals surface area (Å²) in [7, 11) is 0. The van der Waals surface area contributed by atoms with E-state index >= 15 is 0 Å². The SMILES string of the molecule is CC(C)OCc1ccccc1CNC(=O)C1c2ccccc2Oc2ccccc21. The molecule has 0 saturated heterocycles. The van der Waals surface area contributed by atoms with E-state index in [0.717, 1.165) is 33.8 Å². The summed E-state index contributed by atoms with van der Waals surface area (Å²) in [6, 6.07) is 23.5. The normalized spacial score (nSPS) is 12.8. The van der Waals surface area contributed by atoms with Gasteiger partial charge in [-0.1, -0.05) is 60.7 Å². The van der Waals surface area contributed by atoms with E-state index in [1.54, 1.807) is 0 Å². The zero-order valence-electron chi connectivity index (χ0n) is 16.7. The lowest BCUT2D eigenvalue weighted by Crippen LogP contribution is -2.31. The van der Waals surface area contributed by atoms with E-state index in [1.165, 1.54) is 0 Å². The summed E-state index contributed by atoms with van der Waals surface area (Å²) in [4.78, 5) is 13.3. The van der Waals surface area contributed by atoms with E-state index < -0.39 is 5.92 Å². The second kappa shape index (κ2) is 8.50. The van der Waals surface area contributed by atoms with E-state index in [9.17, 15) is 4.79 Å². The first kappa shape index (κ1) is 19.2. The smallest absolute Gasteiger partial charge is 0.232 e. The van der Waals surface area contributed by atoms with Gasteiger partial charge in [-0.05, 0) is 37.1 Å². The van der Waals surface area contributed by atoms with E-state index in [1.807, 2.05) is 86.6 Å². The average Bonchev–Trinajstić information content (AvgIpc) is 2.74. The standard InChI is InChI=1S/C25H25NO3/c1-17(2)28-16-19-10-4-3-9-18(19)15-26-25(27)24-20-11-5-7-13-22(20)29-23-14-8-6-12-21(23)24/h3-14,17,24H,15-16H2,1-2H3,(H,26,27). The number of benzene rings is 3. The minimum absolute atomic E-state index is 0.0345. The highest BCUT2D eigenvalue weighted by Crippen LogP contribution is 2.43. The lowest BCUT2D eigenvalue weighted by molar-refractivity contribution is -0.122. The molecule has 0 bridgehead atoms. The lowest BCUT2D eigenvalue weighted by Gasteiger charge is -2.27. The Labute approximate surface area is 171 Å². The van der Waals surface area contributed by atoms with E-state index in [4.69, 9.17) is 9.47 Å². The number of para-hydroxylation sites is 2. The monoisotopic (exact) mass is 387 g/mol. The van der Waals surface area contributed by atoms with Gasteiger partial charge < -0.3 is 14.8 Å². The fraction of sp³-hybridized carbons (Fsp3) is 0.240. The average molecular weight is 387 g/mol. The number of carbonyl (C=O) groups excluding carboxylic acids is 1. The van der Waals surface area contributed by atoms with Gasteiger partial charge in [-0.3, -0.25) is 4.79 Å². The molecule has 4 heteroatoms. The van der Waals surface area contributed by atoms with Gasteiger partial charge in [0.1, 0.15) is 11.5 Å². The summed E-state index contributed by atoms with van der Waals surface area (Å²) in [5, 5.41) is 3.13. The molecular formula is C25H25NO3. The van der Waals surface area contributed by atoms with Crippen LogP contribution in [0.2, 0.25) is 0 Å². The molecule has 0 spiro atoms. The Morgan fingerprint density at radius 3 is 2.07 bits per heavy atom. The molecule has 4 rings (SSSR count). The molecule has 148 valence electrons. The van der Waals surface area contributed by atoms with Gasteiger partial charge in [0.05, 0.1) is 18.6 Å². The Kier molecular flexibility index (Phi) is 5.63. The van der Waals surface area contributed by atoms with Crippen molar-refractivity contribution in [1.82, 2.24) is 5.32 Å². The van der Waals surface area contributed by atoms with Gasteiger partial charge in [-0.2, -0.15) is 0 Å². The second-order valence-corrected chi connectivity index (χ2v) is 7.46. The first-order valence-corrected chi connectivity index (χ1v) is 9.95. The van der Waals surface area contributed by atoms with Crippen molar-refractivity contribution in [2.45, 2.75) is 39.0 Å². The maximum atomic E-state index is 13.3. The van der Waals surface area contributed by atoms with Gasteiger partial charge in [0.2, 0.25) is 5.91 Å². The molecule has 3 aromatic carbocycles. The van der Waals surface area contributed by atoms with Crippen LogP contribution in [-0.4, -0.2) is 12.0 Å². The second-order valence-electron chi connectivity index (χ2n) is 7.46. The van der Waals surface area contributed by atoms with Crippen molar-refractivity contribution in [2.24, 2.45) is 0 Å². The molecule has 0 aliphatic carbocycles. The Balaban J connectivity index is 1.56. The third kappa shape index (κ3) is 4.17. The lowest BCUT2D eigenvalue weighted by atomic mass is 9.87. The zero-order valence-corrected chi connectivity index (χ0v) is 16.7. The van der Waals surface area contributed by atoms with Gasteiger partial charge in [0.15, 0.2) is 0 Å². The van der Waals surface area contributed by atoms with Gasteiger partial charge in [-0.15, -0.1) is 0 Å². The van der Waals surface area contributed by atoms with Crippen LogP contribution in [0, 0.1) is 0 Å². The Bertz CT molecular complexity index is 967. The number of hydrogen-bond donors (Lipinski definition) is 1. The maximum absolute atomic E-state index is 13.3. The molecule has 1 amide bonds. The maximum Gasteiger partial charge on any atom is 0.232 e. The number of ether oxygens (including phenoxy) is 2. The Hall–Kier alpha value is -3.11. The third-order valence-corrected chi connectivity index (χ3v) is 5.09. The first-order chi connectivity index (χ1) is 14.1. The number of rotatable bonds is 6. The zero-order chi connectivity index (χ0) is 20.2. The number of hydrogen-bond acceptors (Lipinski definition) is 3. The van der Waals surface area contributed by atoms with Crippen LogP contribution in [0.3, 0.4) is 0 Å². The van der Waals surface area contributed by atoms with Gasteiger partial charge in [0.25, 0.3) is 0 Å². The van der Waals surface area contributed by atoms with Crippen molar-refractivity contribution in [1.29, 1.82) is 0 Å². The predicted octanol–water partition coefficient (Wildman–Crippen LogP) is 5.17. The van der Waals surface area contributed by atoms with E-state index in [0.29, 0.717) is 13.2 Å². The fourth-order valence-corrected chi connectivity index (χ4v) is 3.60. The van der Waals surface area contributed by atoms with Crippen LogP contribution >= 0.6 is 0 Å². The molecule has 1 aliphatic rings. The molecule has 0 unspecified atom stereocenters. The third-order valence-electron chi connectivity index (χ3n) is 5.09. The van der Waals surface area contributed by atoms with Crippen LogP contribution in [0.4, 0.5) is 0 Å². The van der Waals surface area contributed by atoms with Crippen LogP contribution in [0.25, 0.3) is 0 Å². The molecule has 29 heavy (non-hydrogen) atoms. The molecule has 3 aromatic rings. The molecule has 0 radical (unpaired) electrons. The molecule has 0 fully saturated rings. The topological polar surface area (TPSA) is 47.6 Å². The van der Waals surface area contributed by atoms with Crippen molar-refractivity contribution in [3.63, 3.8) is 0 Å². The highest BCUT2D eigenvalue weighted by molar-refractivity contribution is 5.89. The summed E-state index contributed by atoms with van der Waals surface area (Å²) in [6.07, 6.45) is 0.160. The Morgan fingerprint density at radius 2 is 1.45 bits per heavy atom. The number of fused-ring (bicyclic) bond motifs is 2. The number of nitrogens with one attached hydrogen (secondary N) is 1. The summed E-state index contributed by atoms with van der Waals surface area (Å²) < 4.78 is 11.8. The predicted molar refractivity (Wildman–Crippen MR) is 113 cm³/mol. The molecule has 4 nitrogen and oxygen atoms in total. The summed E-state index contributed by atoms with van der Waals surface area (Å²) in [5.41, 5.74) is 3.93. The molecule has 1 heterocycles. The van der Waals surface area contributed by atoms with Crippen molar-refractivity contribution < 1.29 is 14.3 Å². The van der Waals surface area contributed by atoms with Crippen molar-refractivity contribution in [3.05, 3.63) is 95.1 Å². The van der Waals surface area contributed by atoms with E-state index in [2.05, 4.69) is 5.32 Å². The quantitative estimate of drug-likeness (QED) is 0.635. The van der Waals surface area contributed by atoms with Gasteiger partial charge >= 0.3 is 0 Å². The minimum Gasteiger partial charge on any atom is -0.457 e. The van der Waals surface area contributed by atoms with Crippen LogP contribution < -0.4 is 10.1 Å². The van der Waals surface area contributed by atoms with Crippen LogP contribution in [-0.2, 0) is 22.7 Å². The number of carbonyl (C=O) groups is 1. The van der Waals surface area contributed by atoms with Crippen molar-refractivity contribution in [2.75, 3.05) is 0 Å². The molecule has 1 N–H and O–H groups in total. The number of amides is 1. The van der Waals surface area contributed by atoms with Gasteiger partial charge in [0, 0.05) is 17.7 Å². The van der Waals surface area contributed by atoms with Crippen LogP contribution in [0.15, 0.2) is 72.8 Å². The summed E-state index contributed by atoms with van der Waals surface area (Å²) in [6.45, 7) is 5.03.